The van der Waals surface area contributed by atoms with Crippen LogP contribution in [0.15, 0.2) is 28.7 Å². The zero-order valence-corrected chi connectivity index (χ0v) is 12.1. The number of rotatable bonds is 3. The van der Waals surface area contributed by atoms with Gasteiger partial charge in [-0.2, -0.15) is 5.10 Å². The lowest BCUT2D eigenvalue weighted by atomic mass is 10.1. The van der Waals surface area contributed by atoms with Crippen LogP contribution in [0, 0.1) is 19.7 Å². The van der Waals surface area contributed by atoms with Crippen molar-refractivity contribution in [1.29, 1.82) is 0 Å². The molecule has 108 valence electrons. The van der Waals surface area contributed by atoms with Crippen molar-refractivity contribution in [3.63, 3.8) is 0 Å². The third-order valence-corrected chi connectivity index (χ3v) is 3.77. The lowest BCUT2D eigenvalue weighted by Gasteiger charge is -1.99. The lowest BCUT2D eigenvalue weighted by molar-refractivity contribution is 0.0968. The standard InChI is InChI=1S/C16H15FN2O2/c1-9-12(10(2)19(3)18-9)8-14(20)15-7-11-5-4-6-13(17)16(11)21-15/h4-7H,8H2,1-3H3. The number of para-hydroxylation sites is 1. The van der Waals surface area contributed by atoms with Gasteiger partial charge in [-0.1, -0.05) is 12.1 Å². The molecule has 0 fully saturated rings. The first-order valence-electron chi connectivity index (χ1n) is 6.67. The van der Waals surface area contributed by atoms with Crippen molar-refractivity contribution in [1.82, 2.24) is 9.78 Å². The first-order valence-corrected chi connectivity index (χ1v) is 6.67. The number of ketones is 1. The van der Waals surface area contributed by atoms with Gasteiger partial charge in [0.2, 0.25) is 5.78 Å². The number of furan rings is 1. The Balaban J connectivity index is 1.95. The van der Waals surface area contributed by atoms with E-state index in [0.717, 1.165) is 17.0 Å². The normalized spacial score (nSPS) is 11.2. The molecular weight excluding hydrogens is 271 g/mol. The molecule has 0 N–H and O–H groups in total. The summed E-state index contributed by atoms with van der Waals surface area (Å²) in [4.78, 5) is 12.4. The Kier molecular flexibility index (Phi) is 3.12. The number of hydrogen-bond acceptors (Lipinski definition) is 3. The number of aromatic nitrogens is 2. The molecule has 3 rings (SSSR count). The Bertz CT molecular complexity index is 845. The number of aryl methyl sites for hydroxylation is 2. The number of carbonyl (C=O) groups excluding carboxylic acids is 1. The molecule has 0 unspecified atom stereocenters. The average molecular weight is 286 g/mol. The molecule has 0 atom stereocenters. The largest absolute Gasteiger partial charge is 0.450 e. The third kappa shape index (κ3) is 2.24. The van der Waals surface area contributed by atoms with E-state index in [4.69, 9.17) is 4.42 Å². The van der Waals surface area contributed by atoms with Crippen LogP contribution in [0.25, 0.3) is 11.0 Å². The van der Waals surface area contributed by atoms with Gasteiger partial charge in [0.25, 0.3) is 0 Å². The summed E-state index contributed by atoms with van der Waals surface area (Å²) < 4.78 is 20.7. The average Bonchev–Trinajstić information content (AvgIpc) is 2.97. The van der Waals surface area contributed by atoms with Crippen molar-refractivity contribution >= 4 is 16.8 Å². The van der Waals surface area contributed by atoms with E-state index in [1.807, 2.05) is 20.9 Å². The highest BCUT2D eigenvalue weighted by Gasteiger charge is 2.18. The minimum absolute atomic E-state index is 0.125. The topological polar surface area (TPSA) is 48.0 Å². The van der Waals surface area contributed by atoms with E-state index >= 15 is 0 Å². The van der Waals surface area contributed by atoms with Crippen LogP contribution in [0.1, 0.15) is 27.5 Å². The first-order chi connectivity index (χ1) is 9.97. The second-order valence-electron chi connectivity index (χ2n) is 5.14. The van der Waals surface area contributed by atoms with Crippen LogP contribution < -0.4 is 0 Å². The number of benzene rings is 1. The molecular formula is C16H15FN2O2. The third-order valence-electron chi connectivity index (χ3n) is 3.77. The van der Waals surface area contributed by atoms with Gasteiger partial charge in [0.1, 0.15) is 0 Å². The molecule has 0 bridgehead atoms. The summed E-state index contributed by atoms with van der Waals surface area (Å²) in [5.41, 5.74) is 2.79. The van der Waals surface area contributed by atoms with Gasteiger partial charge in [-0.3, -0.25) is 9.48 Å². The fourth-order valence-electron chi connectivity index (χ4n) is 2.49. The van der Waals surface area contributed by atoms with Gasteiger partial charge in [-0.25, -0.2) is 4.39 Å². The van der Waals surface area contributed by atoms with E-state index in [1.54, 1.807) is 22.9 Å². The maximum absolute atomic E-state index is 13.6. The Labute approximate surface area is 121 Å². The fraction of sp³-hybridized carbons (Fsp3) is 0.250. The van der Waals surface area contributed by atoms with Gasteiger partial charge in [0.05, 0.1) is 5.69 Å². The maximum Gasteiger partial charge on any atom is 0.202 e. The summed E-state index contributed by atoms with van der Waals surface area (Å²) in [5, 5.41) is 4.88. The second-order valence-corrected chi connectivity index (χ2v) is 5.14. The number of halogens is 1. The van der Waals surface area contributed by atoms with E-state index in [1.165, 1.54) is 6.07 Å². The molecule has 0 saturated heterocycles. The molecule has 0 aliphatic heterocycles. The molecule has 3 aromatic rings. The molecule has 2 aromatic heterocycles. The van der Waals surface area contributed by atoms with Crippen LogP contribution in [0.3, 0.4) is 0 Å². The summed E-state index contributed by atoms with van der Waals surface area (Å²) in [6, 6.07) is 6.22. The molecule has 5 heteroatoms. The summed E-state index contributed by atoms with van der Waals surface area (Å²) >= 11 is 0. The van der Waals surface area contributed by atoms with Crippen molar-refractivity contribution in [2.45, 2.75) is 20.3 Å². The van der Waals surface area contributed by atoms with Gasteiger partial charge in [-0.05, 0) is 26.0 Å². The lowest BCUT2D eigenvalue weighted by Crippen LogP contribution is -2.04. The Hall–Kier alpha value is -2.43. The van der Waals surface area contributed by atoms with Crippen molar-refractivity contribution in [3.05, 3.63) is 52.8 Å². The number of carbonyl (C=O) groups is 1. The van der Waals surface area contributed by atoms with E-state index in [-0.39, 0.29) is 23.5 Å². The van der Waals surface area contributed by atoms with E-state index in [2.05, 4.69) is 5.10 Å². The van der Waals surface area contributed by atoms with Gasteiger partial charge in [0, 0.05) is 30.1 Å². The second kappa shape index (κ2) is 4.84. The molecule has 0 radical (unpaired) electrons. The summed E-state index contributed by atoms with van der Waals surface area (Å²) in [7, 11) is 1.84. The fourth-order valence-corrected chi connectivity index (χ4v) is 2.49. The zero-order chi connectivity index (χ0) is 15.1. The number of Topliss-reactive ketones (excluding diaryl/α,β-unsaturated/α-hetero) is 1. The highest BCUT2D eigenvalue weighted by atomic mass is 19.1. The molecule has 0 aliphatic rings. The SMILES string of the molecule is Cc1nn(C)c(C)c1CC(=O)c1cc2cccc(F)c2o1. The maximum atomic E-state index is 13.6. The van der Waals surface area contributed by atoms with Crippen LogP contribution in [0.2, 0.25) is 0 Å². The molecule has 2 heterocycles. The van der Waals surface area contributed by atoms with E-state index < -0.39 is 5.82 Å². The molecule has 21 heavy (non-hydrogen) atoms. The minimum Gasteiger partial charge on any atom is -0.450 e. The number of fused-ring (bicyclic) bond motifs is 1. The molecule has 1 aromatic carbocycles. The first kappa shape index (κ1) is 13.5. The minimum atomic E-state index is -0.458. The van der Waals surface area contributed by atoms with Crippen LogP contribution in [-0.2, 0) is 13.5 Å². The summed E-state index contributed by atoms with van der Waals surface area (Å²) in [6.45, 7) is 3.79. The van der Waals surface area contributed by atoms with Crippen molar-refractivity contribution in [2.75, 3.05) is 0 Å². The van der Waals surface area contributed by atoms with Crippen LogP contribution >= 0.6 is 0 Å². The highest BCUT2D eigenvalue weighted by Crippen LogP contribution is 2.24. The summed E-state index contributed by atoms with van der Waals surface area (Å²) in [6.07, 6.45) is 0.201. The van der Waals surface area contributed by atoms with Crippen LogP contribution in [0.5, 0.6) is 0 Å². The number of nitrogens with zero attached hydrogens (tertiary/aromatic N) is 2. The van der Waals surface area contributed by atoms with Gasteiger partial charge < -0.3 is 4.42 Å². The summed E-state index contributed by atoms with van der Waals surface area (Å²) in [5.74, 6) is -0.456. The molecule has 0 spiro atoms. The quantitative estimate of drug-likeness (QED) is 0.694. The van der Waals surface area contributed by atoms with Gasteiger partial charge >= 0.3 is 0 Å². The van der Waals surface area contributed by atoms with Gasteiger partial charge in [0.15, 0.2) is 17.2 Å². The van der Waals surface area contributed by atoms with Gasteiger partial charge in [-0.15, -0.1) is 0 Å². The smallest absolute Gasteiger partial charge is 0.202 e. The van der Waals surface area contributed by atoms with E-state index in [0.29, 0.717) is 5.39 Å². The Morgan fingerprint density at radius 3 is 2.76 bits per heavy atom. The Morgan fingerprint density at radius 1 is 1.38 bits per heavy atom. The molecule has 0 aliphatic carbocycles. The predicted octanol–water partition coefficient (Wildman–Crippen LogP) is 3.35. The molecule has 0 amide bonds. The monoisotopic (exact) mass is 286 g/mol. The zero-order valence-electron chi connectivity index (χ0n) is 12.1. The van der Waals surface area contributed by atoms with Crippen LogP contribution in [0.4, 0.5) is 4.39 Å². The van der Waals surface area contributed by atoms with Crippen LogP contribution in [-0.4, -0.2) is 15.6 Å². The van der Waals surface area contributed by atoms with Crippen molar-refractivity contribution in [2.24, 2.45) is 7.05 Å². The Morgan fingerprint density at radius 2 is 2.14 bits per heavy atom. The van der Waals surface area contributed by atoms with E-state index in [9.17, 15) is 9.18 Å². The molecule has 4 nitrogen and oxygen atoms in total. The van der Waals surface area contributed by atoms with Crippen molar-refractivity contribution < 1.29 is 13.6 Å². The predicted molar refractivity (Wildman–Crippen MR) is 76.9 cm³/mol. The van der Waals surface area contributed by atoms with Crippen molar-refractivity contribution in [3.8, 4) is 0 Å². The highest BCUT2D eigenvalue weighted by molar-refractivity contribution is 5.99. The number of hydrogen-bond donors (Lipinski definition) is 0. The molecule has 0 saturated carbocycles.